The maximum atomic E-state index is 9.78. The molecule has 0 unspecified atom stereocenters. The fraction of sp³-hybridized carbons (Fsp3) is 1.00. The van der Waals surface area contributed by atoms with Crippen LogP contribution in [0.1, 0.15) is 32.1 Å². The molecule has 0 atom stereocenters. The molecule has 0 amide bonds. The van der Waals surface area contributed by atoms with Crippen molar-refractivity contribution < 1.29 is 5.11 Å². The van der Waals surface area contributed by atoms with Gasteiger partial charge in [-0.3, -0.25) is 0 Å². The first kappa shape index (κ1) is 9.74. The van der Waals surface area contributed by atoms with Gasteiger partial charge in [0.25, 0.3) is 0 Å². The molecule has 80 valence electrons. The van der Waals surface area contributed by atoms with E-state index < -0.39 is 4.52 Å². The van der Waals surface area contributed by atoms with Gasteiger partial charge < -0.3 is 5.11 Å². The molecule has 4 aliphatic rings. The third-order valence-corrected chi connectivity index (χ3v) is 5.13. The minimum atomic E-state index is -1.48. The Balaban J connectivity index is 1.88. The van der Waals surface area contributed by atoms with E-state index >= 15 is 0 Å². The first-order chi connectivity index (χ1) is 6.54. The standard InChI is InChI=1S/C11H16Cl2O/c12-11(13,14)10-8-2-6-1-7(4-8)5-9(10)3-6/h6-10,14H,1-5H2. The van der Waals surface area contributed by atoms with Crippen LogP contribution < -0.4 is 0 Å². The molecule has 0 aromatic rings. The van der Waals surface area contributed by atoms with E-state index in [1.807, 2.05) is 0 Å². The van der Waals surface area contributed by atoms with Crippen molar-refractivity contribution in [2.75, 3.05) is 0 Å². The van der Waals surface area contributed by atoms with E-state index in [1.165, 1.54) is 32.1 Å². The Morgan fingerprint density at radius 2 is 1.29 bits per heavy atom. The fourth-order valence-electron chi connectivity index (χ4n) is 4.49. The second-order valence-corrected chi connectivity index (χ2v) is 6.89. The Bertz CT molecular complexity index is 218. The highest BCUT2D eigenvalue weighted by Gasteiger charge is 2.54. The number of rotatable bonds is 1. The number of hydrogen-bond donors (Lipinski definition) is 1. The van der Waals surface area contributed by atoms with Gasteiger partial charge in [0.2, 0.25) is 4.52 Å². The minimum absolute atomic E-state index is 0.138. The van der Waals surface area contributed by atoms with Crippen molar-refractivity contribution in [3.8, 4) is 0 Å². The molecule has 0 spiro atoms. The summed E-state index contributed by atoms with van der Waals surface area (Å²) in [5, 5.41) is 9.78. The molecule has 0 radical (unpaired) electrons. The van der Waals surface area contributed by atoms with E-state index in [4.69, 9.17) is 23.2 Å². The summed E-state index contributed by atoms with van der Waals surface area (Å²) in [6.45, 7) is 0. The van der Waals surface area contributed by atoms with Crippen LogP contribution in [0.15, 0.2) is 0 Å². The van der Waals surface area contributed by atoms with E-state index in [1.54, 1.807) is 0 Å². The molecule has 4 aliphatic carbocycles. The summed E-state index contributed by atoms with van der Waals surface area (Å²) in [7, 11) is 0. The van der Waals surface area contributed by atoms with E-state index in [-0.39, 0.29) is 5.92 Å². The topological polar surface area (TPSA) is 20.2 Å². The quantitative estimate of drug-likeness (QED) is 0.692. The molecule has 3 heteroatoms. The molecule has 1 N–H and O–H groups in total. The van der Waals surface area contributed by atoms with Crippen LogP contribution in [0.5, 0.6) is 0 Å². The molecule has 0 saturated heterocycles. The van der Waals surface area contributed by atoms with Crippen LogP contribution in [-0.4, -0.2) is 9.63 Å². The van der Waals surface area contributed by atoms with E-state index in [0.717, 1.165) is 11.8 Å². The van der Waals surface area contributed by atoms with Crippen molar-refractivity contribution in [1.82, 2.24) is 0 Å². The van der Waals surface area contributed by atoms with Crippen molar-refractivity contribution in [2.45, 2.75) is 36.6 Å². The van der Waals surface area contributed by atoms with Crippen LogP contribution >= 0.6 is 23.2 Å². The average molecular weight is 235 g/mol. The predicted molar refractivity (Wildman–Crippen MR) is 57.2 cm³/mol. The zero-order valence-corrected chi connectivity index (χ0v) is 9.64. The van der Waals surface area contributed by atoms with Crippen LogP contribution in [0.3, 0.4) is 0 Å². The Morgan fingerprint density at radius 1 is 0.857 bits per heavy atom. The fourth-order valence-corrected chi connectivity index (χ4v) is 5.21. The molecule has 0 aliphatic heterocycles. The molecule has 4 fully saturated rings. The summed E-state index contributed by atoms with van der Waals surface area (Å²) in [5.74, 6) is 3.13. The van der Waals surface area contributed by atoms with Crippen LogP contribution in [-0.2, 0) is 0 Å². The van der Waals surface area contributed by atoms with Gasteiger partial charge in [-0.05, 0) is 55.8 Å². The Hall–Kier alpha value is 0.540. The van der Waals surface area contributed by atoms with Crippen molar-refractivity contribution in [1.29, 1.82) is 0 Å². The second-order valence-electron chi connectivity index (χ2n) is 5.54. The summed E-state index contributed by atoms with van der Waals surface area (Å²) in [6, 6.07) is 0. The Morgan fingerprint density at radius 3 is 1.64 bits per heavy atom. The van der Waals surface area contributed by atoms with Gasteiger partial charge in [-0.15, -0.1) is 0 Å². The van der Waals surface area contributed by atoms with E-state index in [9.17, 15) is 5.11 Å². The first-order valence-corrected chi connectivity index (χ1v) is 6.40. The molecule has 4 saturated carbocycles. The Kier molecular flexibility index (Phi) is 2.10. The predicted octanol–water partition coefficient (Wildman–Crippen LogP) is 3.18. The van der Waals surface area contributed by atoms with Gasteiger partial charge in [0.05, 0.1) is 0 Å². The Labute approximate surface area is 94.8 Å². The van der Waals surface area contributed by atoms with Crippen LogP contribution in [0.2, 0.25) is 0 Å². The average Bonchev–Trinajstić information content (AvgIpc) is 1.97. The number of aliphatic hydroxyl groups is 1. The second kappa shape index (κ2) is 3.02. The smallest absolute Gasteiger partial charge is 0.218 e. The normalized spacial score (nSPS) is 51.2. The lowest BCUT2D eigenvalue weighted by Gasteiger charge is -2.56. The van der Waals surface area contributed by atoms with Gasteiger partial charge in [0.15, 0.2) is 0 Å². The van der Waals surface area contributed by atoms with Gasteiger partial charge >= 0.3 is 0 Å². The molecule has 4 bridgehead atoms. The molecule has 1 nitrogen and oxygen atoms in total. The minimum Gasteiger partial charge on any atom is -0.362 e. The molecule has 14 heavy (non-hydrogen) atoms. The number of halogens is 2. The summed E-state index contributed by atoms with van der Waals surface area (Å²) < 4.78 is -1.48. The monoisotopic (exact) mass is 234 g/mol. The van der Waals surface area contributed by atoms with Gasteiger partial charge in [-0.1, -0.05) is 23.2 Å². The lowest BCUT2D eigenvalue weighted by molar-refractivity contribution is -0.0797. The maximum absolute atomic E-state index is 9.78. The third kappa shape index (κ3) is 1.40. The molecule has 4 rings (SSSR count). The highest BCUT2D eigenvalue weighted by Crippen LogP contribution is 2.60. The highest BCUT2D eigenvalue weighted by atomic mass is 35.5. The summed E-state index contributed by atoms with van der Waals surface area (Å²) >= 11 is 11.8. The first-order valence-electron chi connectivity index (χ1n) is 5.64. The van der Waals surface area contributed by atoms with Crippen LogP contribution in [0.25, 0.3) is 0 Å². The summed E-state index contributed by atoms with van der Waals surface area (Å²) in [5.41, 5.74) is 0. The number of hydrogen-bond acceptors (Lipinski definition) is 1. The van der Waals surface area contributed by atoms with Gasteiger partial charge in [-0.25, -0.2) is 0 Å². The summed E-state index contributed by atoms with van der Waals surface area (Å²) in [4.78, 5) is 0. The van der Waals surface area contributed by atoms with Gasteiger partial charge in [-0.2, -0.15) is 0 Å². The highest BCUT2D eigenvalue weighted by molar-refractivity contribution is 6.47. The SMILES string of the molecule is OC(Cl)(Cl)C1C2CC3CC(C2)CC1C3. The van der Waals surface area contributed by atoms with Crippen molar-refractivity contribution in [2.24, 2.45) is 29.6 Å². The van der Waals surface area contributed by atoms with E-state index in [0.29, 0.717) is 11.8 Å². The number of alkyl halides is 2. The maximum Gasteiger partial charge on any atom is 0.218 e. The van der Waals surface area contributed by atoms with Crippen molar-refractivity contribution >= 4 is 23.2 Å². The van der Waals surface area contributed by atoms with Crippen LogP contribution in [0, 0.1) is 29.6 Å². The zero-order chi connectivity index (χ0) is 9.92. The summed E-state index contributed by atoms with van der Waals surface area (Å²) in [6.07, 6.45) is 6.42. The van der Waals surface area contributed by atoms with Crippen LogP contribution in [0.4, 0.5) is 0 Å². The van der Waals surface area contributed by atoms with Crippen molar-refractivity contribution in [3.63, 3.8) is 0 Å². The van der Waals surface area contributed by atoms with E-state index in [2.05, 4.69) is 0 Å². The molecular weight excluding hydrogens is 219 g/mol. The van der Waals surface area contributed by atoms with Gasteiger partial charge in [0.1, 0.15) is 0 Å². The molecular formula is C11H16Cl2O. The largest absolute Gasteiger partial charge is 0.362 e. The third-order valence-electron chi connectivity index (χ3n) is 4.63. The van der Waals surface area contributed by atoms with Gasteiger partial charge in [0, 0.05) is 5.92 Å². The molecule has 0 heterocycles. The lowest BCUT2D eigenvalue weighted by Crippen LogP contribution is -2.51. The zero-order valence-electron chi connectivity index (χ0n) is 8.13. The molecule has 0 aromatic heterocycles. The van der Waals surface area contributed by atoms with Crippen molar-refractivity contribution in [3.05, 3.63) is 0 Å². The molecule has 0 aromatic carbocycles. The lowest BCUT2D eigenvalue weighted by atomic mass is 9.52.